The summed E-state index contributed by atoms with van der Waals surface area (Å²) in [5.41, 5.74) is 1.08. The minimum Gasteiger partial charge on any atom is -0.343 e. The number of rotatable bonds is 3. The first kappa shape index (κ1) is 12.3. The number of carbonyl (C=O) groups is 1. The minimum atomic E-state index is -0.101. The lowest BCUT2D eigenvalue weighted by Crippen LogP contribution is -2.30. The molecule has 4 heteroatoms. The molecule has 1 amide bonds. The van der Waals surface area contributed by atoms with E-state index in [0.29, 0.717) is 13.0 Å². The fourth-order valence-electron chi connectivity index (χ4n) is 1.22. The summed E-state index contributed by atoms with van der Waals surface area (Å²) < 4.78 is 1.96. The van der Waals surface area contributed by atoms with Gasteiger partial charge in [-0.25, -0.2) is 4.98 Å². The molecular formula is C12H17N3O. The van der Waals surface area contributed by atoms with Crippen LogP contribution < -0.4 is 5.32 Å². The Morgan fingerprint density at radius 3 is 3.00 bits per heavy atom. The first-order chi connectivity index (χ1) is 7.63. The quantitative estimate of drug-likeness (QED) is 0.774. The van der Waals surface area contributed by atoms with Gasteiger partial charge in [-0.1, -0.05) is 18.8 Å². The second-order valence-electron chi connectivity index (χ2n) is 3.63. The predicted molar refractivity (Wildman–Crippen MR) is 62.6 cm³/mol. The third-order valence-corrected chi connectivity index (χ3v) is 2.19. The fourth-order valence-corrected chi connectivity index (χ4v) is 1.22. The Kier molecular flexibility index (Phi) is 4.59. The van der Waals surface area contributed by atoms with Gasteiger partial charge in [0, 0.05) is 18.3 Å². The normalized spacial score (nSPS) is 11.4. The number of hydrogen-bond donors (Lipinski definition) is 1. The highest BCUT2D eigenvalue weighted by atomic mass is 16.1. The van der Waals surface area contributed by atoms with Crippen LogP contribution in [0.2, 0.25) is 0 Å². The molecule has 0 radical (unpaired) electrons. The highest BCUT2D eigenvalue weighted by Gasteiger charge is 2.00. The third kappa shape index (κ3) is 3.77. The second kappa shape index (κ2) is 5.96. The molecule has 86 valence electrons. The van der Waals surface area contributed by atoms with Gasteiger partial charge in [0.25, 0.3) is 0 Å². The van der Waals surface area contributed by atoms with E-state index in [1.165, 1.54) is 0 Å². The Labute approximate surface area is 96.1 Å². The molecule has 1 N–H and O–H groups in total. The summed E-state index contributed by atoms with van der Waals surface area (Å²) >= 11 is 0. The largest absolute Gasteiger partial charge is 0.343 e. The molecular weight excluding hydrogens is 202 g/mol. The van der Waals surface area contributed by atoms with Crippen LogP contribution in [0.25, 0.3) is 0 Å². The zero-order valence-corrected chi connectivity index (χ0v) is 9.95. The van der Waals surface area contributed by atoms with Crippen molar-refractivity contribution in [1.82, 2.24) is 14.9 Å². The van der Waals surface area contributed by atoms with E-state index in [9.17, 15) is 4.79 Å². The molecule has 0 spiro atoms. The van der Waals surface area contributed by atoms with E-state index in [-0.39, 0.29) is 11.9 Å². The van der Waals surface area contributed by atoms with Crippen LogP contribution in [-0.2, 0) is 11.3 Å². The molecule has 0 aliphatic rings. The molecule has 4 nitrogen and oxygen atoms in total. The van der Waals surface area contributed by atoms with Crippen molar-refractivity contribution in [2.24, 2.45) is 0 Å². The van der Waals surface area contributed by atoms with E-state index >= 15 is 0 Å². The minimum absolute atomic E-state index is 0.0283. The van der Waals surface area contributed by atoms with E-state index in [2.05, 4.69) is 22.1 Å². The number of aryl methyl sites for hydroxylation is 1. The topological polar surface area (TPSA) is 46.9 Å². The number of nitrogens with one attached hydrogen (secondary N) is 1. The van der Waals surface area contributed by atoms with Gasteiger partial charge >= 0.3 is 0 Å². The number of amides is 1. The molecule has 1 aromatic heterocycles. The Morgan fingerprint density at radius 2 is 2.44 bits per heavy atom. The Morgan fingerprint density at radius 1 is 1.69 bits per heavy atom. The van der Waals surface area contributed by atoms with Gasteiger partial charge in [0.2, 0.25) is 5.91 Å². The Hall–Kier alpha value is -1.76. The van der Waals surface area contributed by atoms with Crippen molar-refractivity contribution in [3.05, 3.63) is 18.2 Å². The SMILES string of the molecule is CCC(=O)NC(C)C#CCn1cncc1C. The molecule has 1 unspecified atom stereocenters. The molecule has 0 fully saturated rings. The Bertz CT molecular complexity index is 411. The molecule has 0 saturated heterocycles. The highest BCUT2D eigenvalue weighted by Crippen LogP contribution is 1.94. The van der Waals surface area contributed by atoms with Gasteiger partial charge in [-0.3, -0.25) is 4.79 Å². The monoisotopic (exact) mass is 219 g/mol. The predicted octanol–water partition coefficient (Wildman–Crippen LogP) is 1.11. The summed E-state index contributed by atoms with van der Waals surface area (Å²) in [6, 6.07) is -0.101. The van der Waals surface area contributed by atoms with Gasteiger partial charge in [-0.15, -0.1) is 0 Å². The Balaban J connectivity index is 2.43. The third-order valence-electron chi connectivity index (χ3n) is 2.19. The number of hydrogen-bond acceptors (Lipinski definition) is 2. The number of carbonyl (C=O) groups excluding carboxylic acids is 1. The van der Waals surface area contributed by atoms with Gasteiger partial charge in [-0.05, 0) is 13.8 Å². The van der Waals surface area contributed by atoms with Crippen LogP contribution in [-0.4, -0.2) is 21.5 Å². The number of nitrogens with zero attached hydrogens (tertiary/aromatic N) is 2. The van der Waals surface area contributed by atoms with Crippen LogP contribution in [0, 0.1) is 18.8 Å². The molecule has 0 bridgehead atoms. The molecule has 1 rings (SSSR count). The van der Waals surface area contributed by atoms with Crippen LogP contribution in [0.5, 0.6) is 0 Å². The van der Waals surface area contributed by atoms with Crippen LogP contribution in [0.4, 0.5) is 0 Å². The fraction of sp³-hybridized carbons (Fsp3) is 0.500. The maximum atomic E-state index is 11.1. The number of imidazole rings is 1. The zero-order chi connectivity index (χ0) is 12.0. The molecule has 1 atom stereocenters. The summed E-state index contributed by atoms with van der Waals surface area (Å²) in [6.07, 6.45) is 4.04. The van der Waals surface area contributed by atoms with Crippen LogP contribution in [0.1, 0.15) is 26.0 Å². The molecule has 0 aromatic carbocycles. The van der Waals surface area contributed by atoms with Crippen LogP contribution in [0.3, 0.4) is 0 Å². The van der Waals surface area contributed by atoms with Crippen molar-refractivity contribution in [2.75, 3.05) is 0 Å². The summed E-state index contributed by atoms with van der Waals surface area (Å²) in [6.45, 7) is 6.29. The van der Waals surface area contributed by atoms with E-state index in [1.54, 1.807) is 12.5 Å². The van der Waals surface area contributed by atoms with E-state index < -0.39 is 0 Å². The van der Waals surface area contributed by atoms with Gasteiger partial charge in [0.15, 0.2) is 0 Å². The molecule has 1 aromatic rings. The van der Waals surface area contributed by atoms with Crippen LogP contribution >= 0.6 is 0 Å². The van der Waals surface area contributed by atoms with Crippen molar-refractivity contribution in [3.63, 3.8) is 0 Å². The van der Waals surface area contributed by atoms with E-state index in [1.807, 2.05) is 25.3 Å². The van der Waals surface area contributed by atoms with E-state index in [0.717, 1.165) is 5.69 Å². The maximum absolute atomic E-state index is 11.1. The average molecular weight is 219 g/mol. The summed E-state index contributed by atoms with van der Waals surface area (Å²) in [4.78, 5) is 15.1. The molecule has 0 aliphatic heterocycles. The lowest BCUT2D eigenvalue weighted by molar-refractivity contribution is -0.121. The van der Waals surface area contributed by atoms with Gasteiger partial charge < -0.3 is 9.88 Å². The molecule has 0 saturated carbocycles. The molecule has 16 heavy (non-hydrogen) atoms. The van der Waals surface area contributed by atoms with E-state index in [4.69, 9.17) is 0 Å². The van der Waals surface area contributed by atoms with Gasteiger partial charge in [-0.2, -0.15) is 0 Å². The summed E-state index contributed by atoms with van der Waals surface area (Å²) in [5.74, 6) is 6.03. The lowest BCUT2D eigenvalue weighted by Gasteiger charge is -2.05. The number of aromatic nitrogens is 2. The van der Waals surface area contributed by atoms with Crippen molar-refractivity contribution >= 4 is 5.91 Å². The first-order valence-electron chi connectivity index (χ1n) is 5.38. The van der Waals surface area contributed by atoms with Crippen LogP contribution in [0.15, 0.2) is 12.5 Å². The average Bonchev–Trinajstić information content (AvgIpc) is 2.64. The van der Waals surface area contributed by atoms with Crippen molar-refractivity contribution < 1.29 is 4.79 Å². The first-order valence-corrected chi connectivity index (χ1v) is 5.38. The second-order valence-corrected chi connectivity index (χ2v) is 3.63. The van der Waals surface area contributed by atoms with Crippen molar-refractivity contribution in [1.29, 1.82) is 0 Å². The van der Waals surface area contributed by atoms with Gasteiger partial charge in [0.1, 0.15) is 0 Å². The molecule has 1 heterocycles. The molecule has 0 aliphatic carbocycles. The summed E-state index contributed by atoms with van der Waals surface area (Å²) in [7, 11) is 0. The van der Waals surface area contributed by atoms with Gasteiger partial charge in [0.05, 0.1) is 18.9 Å². The smallest absolute Gasteiger partial charge is 0.220 e. The summed E-state index contributed by atoms with van der Waals surface area (Å²) in [5, 5.41) is 2.79. The highest BCUT2D eigenvalue weighted by molar-refractivity contribution is 5.76. The maximum Gasteiger partial charge on any atom is 0.220 e. The standard InChI is InChI=1S/C12H17N3O/c1-4-12(16)14-10(2)6-5-7-15-9-13-8-11(15)3/h8-10H,4,7H2,1-3H3,(H,14,16). The van der Waals surface area contributed by atoms with Crippen molar-refractivity contribution in [3.8, 4) is 11.8 Å². The van der Waals surface area contributed by atoms with Crippen molar-refractivity contribution in [2.45, 2.75) is 39.8 Å². The lowest BCUT2D eigenvalue weighted by atomic mass is 10.3. The zero-order valence-electron chi connectivity index (χ0n) is 9.95.